The Morgan fingerprint density at radius 2 is 1.95 bits per heavy atom. The predicted octanol–water partition coefficient (Wildman–Crippen LogP) is 2.66. The van der Waals surface area contributed by atoms with E-state index in [9.17, 15) is 0 Å². The van der Waals surface area contributed by atoms with Crippen molar-refractivity contribution in [3.05, 3.63) is 54.0 Å². The van der Waals surface area contributed by atoms with Gasteiger partial charge in [-0.1, -0.05) is 37.3 Å². The summed E-state index contributed by atoms with van der Waals surface area (Å²) in [5.41, 5.74) is 2.34. The lowest BCUT2D eigenvalue weighted by molar-refractivity contribution is 0.661. The van der Waals surface area contributed by atoms with Crippen LogP contribution in [0.2, 0.25) is 0 Å². The van der Waals surface area contributed by atoms with Gasteiger partial charge in [-0.05, 0) is 24.9 Å². The lowest BCUT2D eigenvalue weighted by Crippen LogP contribution is -2.23. The Bertz CT molecular complexity index is 527. The third-order valence-corrected chi connectivity index (χ3v) is 3.37. The van der Waals surface area contributed by atoms with Gasteiger partial charge in [0.25, 0.3) is 0 Å². The normalized spacial score (nSPS) is 10.6. The lowest BCUT2D eigenvalue weighted by atomic mass is 10.1. The standard InChI is InChI=1S/C17H24N4/c1-3-10-18-12-16-13-19-14-17(20-16)21(2)11-9-15-7-5-4-6-8-15/h4-8,13-14,18H,3,9-12H2,1-2H3. The van der Waals surface area contributed by atoms with Crippen molar-refractivity contribution in [1.82, 2.24) is 15.3 Å². The second-order valence-electron chi connectivity index (χ2n) is 5.20. The van der Waals surface area contributed by atoms with E-state index < -0.39 is 0 Å². The van der Waals surface area contributed by atoms with E-state index in [2.05, 4.69) is 58.4 Å². The van der Waals surface area contributed by atoms with Crippen LogP contribution < -0.4 is 10.2 Å². The van der Waals surface area contributed by atoms with Crippen LogP contribution in [0.4, 0.5) is 5.82 Å². The fourth-order valence-corrected chi connectivity index (χ4v) is 2.11. The number of nitrogens with one attached hydrogen (secondary N) is 1. The maximum absolute atomic E-state index is 4.66. The van der Waals surface area contributed by atoms with Crippen LogP contribution in [0.25, 0.3) is 0 Å². The molecule has 1 heterocycles. The molecule has 0 fully saturated rings. The molecule has 1 aromatic carbocycles. The Balaban J connectivity index is 1.89. The Morgan fingerprint density at radius 1 is 1.14 bits per heavy atom. The van der Waals surface area contributed by atoms with E-state index in [1.54, 1.807) is 0 Å². The van der Waals surface area contributed by atoms with Crippen LogP contribution >= 0.6 is 0 Å². The molecule has 0 aliphatic rings. The maximum atomic E-state index is 4.66. The van der Waals surface area contributed by atoms with Gasteiger partial charge in [-0.3, -0.25) is 4.98 Å². The average Bonchev–Trinajstić information content (AvgIpc) is 2.54. The molecule has 0 atom stereocenters. The van der Waals surface area contributed by atoms with Gasteiger partial charge in [-0.2, -0.15) is 0 Å². The van der Waals surface area contributed by atoms with E-state index in [1.165, 1.54) is 5.56 Å². The highest BCUT2D eigenvalue weighted by molar-refractivity contribution is 5.35. The average molecular weight is 284 g/mol. The van der Waals surface area contributed by atoms with Crippen LogP contribution in [0.5, 0.6) is 0 Å². The maximum Gasteiger partial charge on any atom is 0.147 e. The Morgan fingerprint density at radius 3 is 2.71 bits per heavy atom. The summed E-state index contributed by atoms with van der Waals surface area (Å²) in [5.74, 6) is 0.932. The molecule has 21 heavy (non-hydrogen) atoms. The molecule has 4 heteroatoms. The number of rotatable bonds is 8. The highest BCUT2D eigenvalue weighted by atomic mass is 15.2. The van der Waals surface area contributed by atoms with Crippen molar-refractivity contribution in [2.45, 2.75) is 26.3 Å². The van der Waals surface area contributed by atoms with Gasteiger partial charge < -0.3 is 10.2 Å². The summed E-state index contributed by atoms with van der Waals surface area (Å²) in [6.45, 7) is 4.88. The minimum atomic E-state index is 0.779. The first-order valence-electron chi connectivity index (χ1n) is 7.56. The largest absolute Gasteiger partial charge is 0.358 e. The van der Waals surface area contributed by atoms with E-state index in [4.69, 9.17) is 0 Å². The van der Waals surface area contributed by atoms with Gasteiger partial charge in [0.05, 0.1) is 11.9 Å². The number of likely N-dealkylation sites (N-methyl/N-ethyl adjacent to an activating group) is 1. The number of hydrogen-bond donors (Lipinski definition) is 1. The minimum absolute atomic E-state index is 0.779. The molecule has 0 amide bonds. The first-order valence-corrected chi connectivity index (χ1v) is 7.56. The summed E-state index contributed by atoms with van der Waals surface area (Å²) in [5, 5.41) is 3.35. The topological polar surface area (TPSA) is 41.1 Å². The molecule has 0 aliphatic heterocycles. The molecular formula is C17H24N4. The molecule has 0 saturated carbocycles. The zero-order valence-electron chi connectivity index (χ0n) is 12.9. The molecule has 4 nitrogen and oxygen atoms in total. The second kappa shape index (κ2) is 8.37. The quantitative estimate of drug-likeness (QED) is 0.757. The van der Waals surface area contributed by atoms with E-state index in [1.807, 2.05) is 18.5 Å². The van der Waals surface area contributed by atoms with Crippen molar-refractivity contribution >= 4 is 5.82 Å². The minimum Gasteiger partial charge on any atom is -0.358 e. The van der Waals surface area contributed by atoms with Gasteiger partial charge in [0.1, 0.15) is 5.82 Å². The smallest absolute Gasteiger partial charge is 0.147 e. The van der Waals surface area contributed by atoms with Crippen molar-refractivity contribution in [3.63, 3.8) is 0 Å². The van der Waals surface area contributed by atoms with E-state index in [0.717, 1.165) is 44.0 Å². The van der Waals surface area contributed by atoms with Gasteiger partial charge in [0.2, 0.25) is 0 Å². The highest BCUT2D eigenvalue weighted by Crippen LogP contribution is 2.09. The molecule has 2 aromatic rings. The lowest BCUT2D eigenvalue weighted by Gasteiger charge is -2.18. The Labute approximate surface area is 127 Å². The summed E-state index contributed by atoms with van der Waals surface area (Å²) in [6, 6.07) is 10.5. The van der Waals surface area contributed by atoms with E-state index in [0.29, 0.717) is 0 Å². The zero-order chi connectivity index (χ0) is 14.9. The summed E-state index contributed by atoms with van der Waals surface area (Å²) >= 11 is 0. The molecule has 0 spiro atoms. The van der Waals surface area contributed by atoms with Crippen LogP contribution in [0, 0.1) is 0 Å². The van der Waals surface area contributed by atoms with Crippen molar-refractivity contribution in [1.29, 1.82) is 0 Å². The number of aromatic nitrogens is 2. The summed E-state index contributed by atoms with van der Waals surface area (Å²) < 4.78 is 0. The van der Waals surface area contributed by atoms with Crippen molar-refractivity contribution in [2.24, 2.45) is 0 Å². The molecule has 0 bridgehead atoms. The third-order valence-electron chi connectivity index (χ3n) is 3.37. The van der Waals surface area contributed by atoms with E-state index >= 15 is 0 Å². The number of benzene rings is 1. The summed E-state index contributed by atoms with van der Waals surface area (Å²) in [4.78, 5) is 11.1. The third kappa shape index (κ3) is 5.16. The fraction of sp³-hybridized carbons (Fsp3) is 0.412. The van der Waals surface area contributed by atoms with Crippen molar-refractivity contribution in [2.75, 3.05) is 25.0 Å². The van der Waals surface area contributed by atoms with Crippen LogP contribution in [-0.4, -0.2) is 30.1 Å². The molecular weight excluding hydrogens is 260 g/mol. The van der Waals surface area contributed by atoms with Crippen LogP contribution in [0.3, 0.4) is 0 Å². The SMILES string of the molecule is CCCNCc1cncc(N(C)CCc2ccccc2)n1. The number of hydrogen-bond acceptors (Lipinski definition) is 4. The highest BCUT2D eigenvalue weighted by Gasteiger charge is 2.05. The fourth-order valence-electron chi connectivity index (χ4n) is 2.11. The molecule has 0 radical (unpaired) electrons. The molecule has 0 aliphatic carbocycles. The van der Waals surface area contributed by atoms with Crippen LogP contribution in [0.1, 0.15) is 24.6 Å². The van der Waals surface area contributed by atoms with Gasteiger partial charge in [0, 0.05) is 26.3 Å². The molecule has 112 valence electrons. The molecule has 1 N–H and O–H groups in total. The van der Waals surface area contributed by atoms with Crippen molar-refractivity contribution < 1.29 is 0 Å². The van der Waals surface area contributed by atoms with Crippen LogP contribution in [-0.2, 0) is 13.0 Å². The number of anilines is 1. The van der Waals surface area contributed by atoms with Gasteiger partial charge in [-0.25, -0.2) is 4.98 Å². The Kier molecular flexibility index (Phi) is 6.16. The van der Waals surface area contributed by atoms with Crippen LogP contribution in [0.15, 0.2) is 42.7 Å². The van der Waals surface area contributed by atoms with Gasteiger partial charge >= 0.3 is 0 Å². The molecule has 0 unspecified atom stereocenters. The van der Waals surface area contributed by atoms with Gasteiger partial charge in [-0.15, -0.1) is 0 Å². The predicted molar refractivity (Wildman–Crippen MR) is 87.4 cm³/mol. The van der Waals surface area contributed by atoms with Gasteiger partial charge in [0.15, 0.2) is 0 Å². The molecule has 2 rings (SSSR count). The second-order valence-corrected chi connectivity index (χ2v) is 5.20. The van der Waals surface area contributed by atoms with E-state index in [-0.39, 0.29) is 0 Å². The number of nitrogens with zero attached hydrogens (tertiary/aromatic N) is 3. The zero-order valence-corrected chi connectivity index (χ0v) is 12.9. The Hall–Kier alpha value is -1.94. The first kappa shape index (κ1) is 15.4. The molecule has 0 saturated heterocycles. The molecule has 1 aromatic heterocycles. The van der Waals surface area contributed by atoms with Crippen molar-refractivity contribution in [3.8, 4) is 0 Å². The summed E-state index contributed by atoms with van der Waals surface area (Å²) in [6.07, 6.45) is 5.80. The first-order chi connectivity index (χ1) is 10.3. The summed E-state index contributed by atoms with van der Waals surface area (Å²) in [7, 11) is 2.07. The monoisotopic (exact) mass is 284 g/mol.